The standard InChI is InChI=1S/C18H21N3O2S/c1-22-16-10-6-9-15(17(16)23-2)13-20-21-18(24)19-12-11-14-7-4-3-5-8-14/h3-10,13H,11-12H2,1-2H3,(H2,19,21,24)/b20-13+. The lowest BCUT2D eigenvalue weighted by atomic mass is 10.1. The number of ether oxygens (including phenoxy) is 2. The quantitative estimate of drug-likeness (QED) is 0.460. The molecular formula is C18H21N3O2S. The van der Waals surface area contributed by atoms with Crippen LogP contribution in [0.2, 0.25) is 0 Å². The van der Waals surface area contributed by atoms with Crippen LogP contribution in [0.15, 0.2) is 53.6 Å². The maximum Gasteiger partial charge on any atom is 0.186 e. The van der Waals surface area contributed by atoms with E-state index in [4.69, 9.17) is 21.7 Å². The van der Waals surface area contributed by atoms with E-state index in [1.807, 2.05) is 36.4 Å². The smallest absolute Gasteiger partial charge is 0.186 e. The molecule has 2 N–H and O–H groups in total. The zero-order valence-corrected chi connectivity index (χ0v) is 14.6. The number of hydrogen-bond acceptors (Lipinski definition) is 4. The molecule has 2 rings (SSSR count). The second-order valence-electron chi connectivity index (χ2n) is 4.94. The Hall–Kier alpha value is -2.60. The highest BCUT2D eigenvalue weighted by atomic mass is 32.1. The zero-order valence-electron chi connectivity index (χ0n) is 13.8. The van der Waals surface area contributed by atoms with Crippen molar-refractivity contribution in [3.05, 3.63) is 59.7 Å². The summed E-state index contributed by atoms with van der Waals surface area (Å²) >= 11 is 5.20. The van der Waals surface area contributed by atoms with E-state index in [0.29, 0.717) is 16.6 Å². The Morgan fingerprint density at radius 3 is 2.58 bits per heavy atom. The lowest BCUT2D eigenvalue weighted by molar-refractivity contribution is 0.354. The van der Waals surface area contributed by atoms with Crippen molar-refractivity contribution in [3.63, 3.8) is 0 Å². The molecule has 5 nitrogen and oxygen atoms in total. The van der Waals surface area contributed by atoms with Crippen LogP contribution in [-0.4, -0.2) is 32.1 Å². The van der Waals surface area contributed by atoms with Gasteiger partial charge in [0.1, 0.15) is 0 Å². The van der Waals surface area contributed by atoms with Crippen molar-refractivity contribution in [2.45, 2.75) is 6.42 Å². The molecule has 2 aromatic rings. The van der Waals surface area contributed by atoms with Crippen molar-refractivity contribution in [1.29, 1.82) is 0 Å². The molecule has 0 aliphatic heterocycles. The average Bonchev–Trinajstić information content (AvgIpc) is 2.62. The molecule has 0 bridgehead atoms. The normalized spacial score (nSPS) is 10.4. The largest absolute Gasteiger partial charge is 0.493 e. The summed E-state index contributed by atoms with van der Waals surface area (Å²) in [6.45, 7) is 0.744. The number of para-hydroxylation sites is 1. The van der Waals surface area contributed by atoms with Gasteiger partial charge >= 0.3 is 0 Å². The van der Waals surface area contributed by atoms with E-state index >= 15 is 0 Å². The van der Waals surface area contributed by atoms with Gasteiger partial charge in [0.15, 0.2) is 16.6 Å². The third-order valence-electron chi connectivity index (χ3n) is 3.35. The summed E-state index contributed by atoms with van der Waals surface area (Å²) < 4.78 is 10.6. The van der Waals surface area contributed by atoms with Crippen molar-refractivity contribution in [2.75, 3.05) is 20.8 Å². The first-order chi connectivity index (χ1) is 11.7. The Balaban J connectivity index is 1.82. The number of nitrogens with one attached hydrogen (secondary N) is 2. The molecule has 0 spiro atoms. The van der Waals surface area contributed by atoms with Crippen molar-refractivity contribution in [1.82, 2.24) is 10.7 Å². The molecule has 0 radical (unpaired) electrons. The van der Waals surface area contributed by atoms with Crippen molar-refractivity contribution >= 4 is 23.5 Å². The van der Waals surface area contributed by atoms with E-state index < -0.39 is 0 Å². The molecule has 24 heavy (non-hydrogen) atoms. The van der Waals surface area contributed by atoms with Gasteiger partial charge < -0.3 is 14.8 Å². The van der Waals surface area contributed by atoms with E-state index in [0.717, 1.165) is 18.5 Å². The summed E-state index contributed by atoms with van der Waals surface area (Å²) in [5.74, 6) is 1.29. The summed E-state index contributed by atoms with van der Waals surface area (Å²) in [6, 6.07) is 15.8. The van der Waals surface area contributed by atoms with Crippen LogP contribution in [0.4, 0.5) is 0 Å². The van der Waals surface area contributed by atoms with E-state index in [1.165, 1.54) is 5.56 Å². The van der Waals surface area contributed by atoms with Crippen molar-refractivity contribution in [2.24, 2.45) is 5.10 Å². The van der Waals surface area contributed by atoms with Crippen molar-refractivity contribution < 1.29 is 9.47 Å². The summed E-state index contributed by atoms with van der Waals surface area (Å²) in [5, 5.41) is 7.73. The third kappa shape index (κ3) is 5.24. The molecule has 126 valence electrons. The summed E-state index contributed by atoms with van der Waals surface area (Å²) in [6.07, 6.45) is 2.54. The number of hydrazone groups is 1. The number of benzene rings is 2. The van der Waals surface area contributed by atoms with Gasteiger partial charge in [-0.2, -0.15) is 5.10 Å². The molecule has 0 atom stereocenters. The first-order valence-corrected chi connectivity index (χ1v) is 7.97. The molecule has 0 amide bonds. The molecule has 0 heterocycles. The first kappa shape index (κ1) is 17.7. The van der Waals surface area contributed by atoms with Gasteiger partial charge in [-0.3, -0.25) is 5.43 Å². The fourth-order valence-electron chi connectivity index (χ4n) is 2.18. The van der Waals surface area contributed by atoms with Gasteiger partial charge in [0.05, 0.1) is 20.4 Å². The Kier molecular flexibility index (Phi) is 7.04. The Bertz CT molecular complexity index is 690. The SMILES string of the molecule is COc1cccc(/C=N/NC(=S)NCCc2ccccc2)c1OC. The summed E-state index contributed by atoms with van der Waals surface area (Å²) in [4.78, 5) is 0. The van der Waals surface area contributed by atoms with Crippen LogP contribution in [0.5, 0.6) is 11.5 Å². The van der Waals surface area contributed by atoms with Crippen LogP contribution in [-0.2, 0) is 6.42 Å². The maximum absolute atomic E-state index is 5.35. The number of hydrogen-bond donors (Lipinski definition) is 2. The molecule has 0 aromatic heterocycles. The van der Waals surface area contributed by atoms with Crippen LogP contribution in [0.3, 0.4) is 0 Å². The lowest BCUT2D eigenvalue weighted by Crippen LogP contribution is -2.33. The van der Waals surface area contributed by atoms with Gasteiger partial charge in [-0.05, 0) is 36.3 Å². The third-order valence-corrected chi connectivity index (χ3v) is 3.58. The minimum atomic E-state index is 0.476. The highest BCUT2D eigenvalue weighted by Gasteiger charge is 2.07. The molecule has 0 unspecified atom stereocenters. The Morgan fingerprint density at radius 1 is 1.08 bits per heavy atom. The molecule has 0 saturated carbocycles. The van der Waals surface area contributed by atoms with Crippen LogP contribution in [0.1, 0.15) is 11.1 Å². The van der Waals surface area contributed by atoms with E-state index in [2.05, 4.69) is 28.0 Å². The average molecular weight is 343 g/mol. The predicted molar refractivity (Wildman–Crippen MR) is 101 cm³/mol. The fraction of sp³-hybridized carbons (Fsp3) is 0.222. The van der Waals surface area contributed by atoms with Crippen LogP contribution in [0, 0.1) is 0 Å². The number of thiocarbonyl (C=S) groups is 1. The van der Waals surface area contributed by atoms with Gasteiger partial charge in [-0.25, -0.2) is 0 Å². The Morgan fingerprint density at radius 2 is 1.88 bits per heavy atom. The molecule has 6 heteroatoms. The summed E-state index contributed by atoms with van der Waals surface area (Å²) in [7, 11) is 3.20. The van der Waals surface area contributed by atoms with Crippen molar-refractivity contribution in [3.8, 4) is 11.5 Å². The summed E-state index contributed by atoms with van der Waals surface area (Å²) in [5.41, 5.74) is 4.86. The minimum absolute atomic E-state index is 0.476. The van der Waals surface area contributed by atoms with E-state index in [-0.39, 0.29) is 0 Å². The zero-order chi connectivity index (χ0) is 17.2. The van der Waals surface area contributed by atoms with E-state index in [1.54, 1.807) is 20.4 Å². The molecule has 0 aliphatic carbocycles. The molecule has 0 saturated heterocycles. The molecule has 2 aromatic carbocycles. The van der Waals surface area contributed by atoms with Crippen LogP contribution in [0.25, 0.3) is 0 Å². The first-order valence-electron chi connectivity index (χ1n) is 7.56. The Labute approximate surface area is 147 Å². The second kappa shape index (κ2) is 9.52. The van der Waals surface area contributed by atoms with Gasteiger partial charge in [0.25, 0.3) is 0 Å². The lowest BCUT2D eigenvalue weighted by Gasteiger charge is -2.10. The van der Waals surface area contributed by atoms with Crippen LogP contribution < -0.4 is 20.2 Å². The minimum Gasteiger partial charge on any atom is -0.493 e. The van der Waals surface area contributed by atoms with E-state index in [9.17, 15) is 0 Å². The van der Waals surface area contributed by atoms with Gasteiger partial charge in [0.2, 0.25) is 0 Å². The van der Waals surface area contributed by atoms with Crippen LogP contribution >= 0.6 is 12.2 Å². The van der Waals surface area contributed by atoms with Gasteiger partial charge in [-0.15, -0.1) is 0 Å². The number of nitrogens with zero attached hydrogens (tertiary/aromatic N) is 1. The van der Waals surface area contributed by atoms with Gasteiger partial charge in [0, 0.05) is 12.1 Å². The predicted octanol–water partition coefficient (Wildman–Crippen LogP) is 2.74. The molecule has 0 fully saturated rings. The fourth-order valence-corrected chi connectivity index (χ4v) is 2.33. The molecule has 0 aliphatic rings. The number of methoxy groups -OCH3 is 2. The maximum atomic E-state index is 5.35. The monoisotopic (exact) mass is 343 g/mol. The second-order valence-corrected chi connectivity index (χ2v) is 5.35. The highest BCUT2D eigenvalue weighted by Crippen LogP contribution is 2.29. The topological polar surface area (TPSA) is 54.9 Å². The van der Waals surface area contributed by atoms with Gasteiger partial charge in [-0.1, -0.05) is 36.4 Å². The molecular weight excluding hydrogens is 322 g/mol. The highest BCUT2D eigenvalue weighted by molar-refractivity contribution is 7.80. The number of rotatable bonds is 7.